The van der Waals surface area contributed by atoms with E-state index in [-0.39, 0.29) is 0 Å². The second kappa shape index (κ2) is 6.90. The highest BCUT2D eigenvalue weighted by molar-refractivity contribution is 7.11. The summed E-state index contributed by atoms with van der Waals surface area (Å²) in [4.78, 5) is 8.53. The van der Waals surface area contributed by atoms with Crippen molar-refractivity contribution in [3.8, 4) is 0 Å². The van der Waals surface area contributed by atoms with Crippen molar-refractivity contribution in [3.63, 3.8) is 0 Å². The van der Waals surface area contributed by atoms with Crippen LogP contribution in [-0.2, 0) is 19.6 Å². The fraction of sp³-hybridized carbons (Fsp3) is 0.706. The smallest absolute Gasteiger partial charge is 0.147 e. The number of piperidine rings is 1. The van der Waals surface area contributed by atoms with Crippen molar-refractivity contribution in [1.82, 2.24) is 30.0 Å². The molecule has 2 aliphatic rings. The zero-order chi connectivity index (χ0) is 16.5. The highest BCUT2D eigenvalue weighted by Gasteiger charge is 2.27. The van der Waals surface area contributed by atoms with E-state index >= 15 is 0 Å². The van der Waals surface area contributed by atoms with Gasteiger partial charge in [-0.2, -0.15) is 0 Å². The average Bonchev–Trinajstić information content (AvgIpc) is 3.23. The number of nitrogens with one attached hydrogen (secondary N) is 1. The van der Waals surface area contributed by atoms with E-state index in [4.69, 9.17) is 0 Å². The molecule has 0 saturated carbocycles. The molecule has 130 valence electrons. The van der Waals surface area contributed by atoms with Gasteiger partial charge in [0, 0.05) is 30.1 Å². The lowest BCUT2D eigenvalue weighted by atomic mass is 9.96. The van der Waals surface area contributed by atoms with E-state index in [0.717, 1.165) is 45.1 Å². The van der Waals surface area contributed by atoms with Crippen LogP contribution in [-0.4, -0.2) is 44.3 Å². The zero-order valence-corrected chi connectivity index (χ0v) is 15.3. The Kier molecular flexibility index (Phi) is 4.65. The van der Waals surface area contributed by atoms with Gasteiger partial charge in [-0.1, -0.05) is 13.8 Å². The molecular formula is C17H26N6S. The largest absolute Gasteiger partial charge is 0.312 e. The molecule has 0 atom stereocenters. The van der Waals surface area contributed by atoms with E-state index in [1.807, 2.05) is 17.5 Å². The van der Waals surface area contributed by atoms with Crippen LogP contribution in [0.25, 0.3) is 0 Å². The van der Waals surface area contributed by atoms with Gasteiger partial charge in [-0.05, 0) is 31.8 Å². The molecule has 2 aliphatic heterocycles. The van der Waals surface area contributed by atoms with Crippen molar-refractivity contribution >= 4 is 11.3 Å². The molecule has 0 unspecified atom stereocenters. The molecule has 4 heterocycles. The first kappa shape index (κ1) is 16.2. The highest BCUT2D eigenvalue weighted by Crippen LogP contribution is 2.29. The van der Waals surface area contributed by atoms with E-state index in [0.29, 0.717) is 11.8 Å². The summed E-state index contributed by atoms with van der Waals surface area (Å²) < 4.78 is 2.34. The normalized spacial score (nSPS) is 19.8. The molecule has 1 fully saturated rings. The predicted octanol–water partition coefficient (Wildman–Crippen LogP) is 2.34. The van der Waals surface area contributed by atoms with Gasteiger partial charge >= 0.3 is 0 Å². The van der Waals surface area contributed by atoms with Crippen LogP contribution in [0, 0.1) is 0 Å². The van der Waals surface area contributed by atoms with Crippen LogP contribution in [0.3, 0.4) is 0 Å². The van der Waals surface area contributed by atoms with E-state index in [2.05, 4.69) is 43.8 Å². The van der Waals surface area contributed by atoms with Crippen LogP contribution in [0.1, 0.15) is 60.1 Å². The molecule has 0 aliphatic carbocycles. The summed E-state index contributed by atoms with van der Waals surface area (Å²) in [7, 11) is 0. The lowest BCUT2D eigenvalue weighted by Gasteiger charge is -2.31. The van der Waals surface area contributed by atoms with Crippen molar-refractivity contribution in [3.05, 3.63) is 27.7 Å². The van der Waals surface area contributed by atoms with E-state index < -0.39 is 0 Å². The van der Waals surface area contributed by atoms with Gasteiger partial charge in [0.15, 0.2) is 0 Å². The minimum atomic E-state index is 0.558. The summed E-state index contributed by atoms with van der Waals surface area (Å²) in [6.45, 7) is 10.6. The van der Waals surface area contributed by atoms with Crippen molar-refractivity contribution in [2.24, 2.45) is 0 Å². The van der Waals surface area contributed by atoms with E-state index in [1.165, 1.54) is 28.6 Å². The van der Waals surface area contributed by atoms with Gasteiger partial charge in [-0.15, -0.1) is 21.5 Å². The highest BCUT2D eigenvalue weighted by atomic mass is 32.1. The Morgan fingerprint density at radius 2 is 2.08 bits per heavy atom. The molecular weight excluding hydrogens is 320 g/mol. The maximum atomic E-state index is 4.60. The summed E-state index contributed by atoms with van der Waals surface area (Å²) in [5.41, 5.74) is 0. The minimum absolute atomic E-state index is 0.558. The Bertz CT molecular complexity index is 683. The summed E-state index contributed by atoms with van der Waals surface area (Å²) in [6.07, 6.45) is 4.40. The molecule has 0 bridgehead atoms. The predicted molar refractivity (Wildman–Crippen MR) is 95.2 cm³/mol. The zero-order valence-electron chi connectivity index (χ0n) is 14.5. The van der Waals surface area contributed by atoms with Crippen molar-refractivity contribution in [1.29, 1.82) is 0 Å². The monoisotopic (exact) mass is 346 g/mol. The van der Waals surface area contributed by atoms with Gasteiger partial charge in [0.25, 0.3) is 0 Å². The minimum Gasteiger partial charge on any atom is -0.312 e. The summed E-state index contributed by atoms with van der Waals surface area (Å²) >= 11 is 1.87. The number of likely N-dealkylation sites (tertiary alicyclic amines) is 1. The second-order valence-electron chi connectivity index (χ2n) is 7.16. The Hall–Kier alpha value is -1.31. The Morgan fingerprint density at radius 1 is 1.25 bits per heavy atom. The van der Waals surface area contributed by atoms with Gasteiger partial charge in [0.1, 0.15) is 16.7 Å². The molecule has 24 heavy (non-hydrogen) atoms. The standard InChI is InChI=1S/C17H26N6S/c1-12(2)14-9-19-16(24-14)11-22-6-3-13(4-7-22)17-21-20-15-10-18-5-8-23(15)17/h9,12-13,18H,3-8,10-11H2,1-2H3. The van der Waals surface area contributed by atoms with Crippen LogP contribution < -0.4 is 5.32 Å². The Morgan fingerprint density at radius 3 is 2.83 bits per heavy atom. The molecule has 6 nitrogen and oxygen atoms in total. The molecule has 0 amide bonds. The number of aromatic nitrogens is 4. The van der Waals surface area contributed by atoms with Crippen LogP contribution in [0.4, 0.5) is 0 Å². The molecule has 2 aromatic heterocycles. The molecule has 2 aromatic rings. The number of fused-ring (bicyclic) bond motifs is 1. The lowest BCUT2D eigenvalue weighted by Crippen LogP contribution is -2.34. The number of hydrogen-bond donors (Lipinski definition) is 1. The first-order valence-electron chi connectivity index (χ1n) is 9.00. The lowest BCUT2D eigenvalue weighted by molar-refractivity contribution is 0.199. The topological polar surface area (TPSA) is 58.9 Å². The molecule has 0 radical (unpaired) electrons. The first-order chi connectivity index (χ1) is 11.7. The molecule has 0 aromatic carbocycles. The van der Waals surface area contributed by atoms with E-state index in [9.17, 15) is 0 Å². The maximum absolute atomic E-state index is 4.60. The fourth-order valence-electron chi connectivity index (χ4n) is 3.62. The van der Waals surface area contributed by atoms with Crippen molar-refractivity contribution in [2.45, 2.75) is 58.2 Å². The summed E-state index contributed by atoms with van der Waals surface area (Å²) in [5, 5.41) is 13.5. The quantitative estimate of drug-likeness (QED) is 0.921. The van der Waals surface area contributed by atoms with Gasteiger partial charge in [-0.3, -0.25) is 4.90 Å². The van der Waals surface area contributed by atoms with Gasteiger partial charge in [0.05, 0.1) is 13.1 Å². The molecule has 1 saturated heterocycles. The number of nitrogens with zero attached hydrogens (tertiary/aromatic N) is 5. The SMILES string of the molecule is CC(C)c1cnc(CN2CCC(c3nnc4n3CCNC4)CC2)s1. The van der Waals surface area contributed by atoms with Crippen LogP contribution >= 0.6 is 11.3 Å². The van der Waals surface area contributed by atoms with Gasteiger partial charge < -0.3 is 9.88 Å². The summed E-state index contributed by atoms with van der Waals surface area (Å²) in [5.74, 6) is 3.45. The third-order valence-electron chi connectivity index (χ3n) is 5.10. The maximum Gasteiger partial charge on any atom is 0.147 e. The average molecular weight is 347 g/mol. The Balaban J connectivity index is 1.35. The Labute approximate surface area is 147 Å². The number of rotatable bonds is 4. The van der Waals surface area contributed by atoms with E-state index in [1.54, 1.807) is 0 Å². The number of hydrogen-bond acceptors (Lipinski definition) is 6. The van der Waals surface area contributed by atoms with Crippen LogP contribution in [0.2, 0.25) is 0 Å². The van der Waals surface area contributed by atoms with Crippen LogP contribution in [0.15, 0.2) is 6.20 Å². The molecule has 4 rings (SSSR count). The van der Waals surface area contributed by atoms with Crippen molar-refractivity contribution in [2.75, 3.05) is 19.6 Å². The van der Waals surface area contributed by atoms with Crippen molar-refractivity contribution < 1.29 is 0 Å². The third kappa shape index (κ3) is 3.25. The molecule has 7 heteroatoms. The first-order valence-corrected chi connectivity index (χ1v) is 9.82. The molecule has 1 N–H and O–H groups in total. The van der Waals surface area contributed by atoms with Gasteiger partial charge in [0.2, 0.25) is 0 Å². The molecule has 0 spiro atoms. The fourth-order valence-corrected chi connectivity index (χ4v) is 4.59. The number of thiazole rings is 1. The third-order valence-corrected chi connectivity index (χ3v) is 6.39. The van der Waals surface area contributed by atoms with Gasteiger partial charge in [-0.25, -0.2) is 4.98 Å². The van der Waals surface area contributed by atoms with Crippen LogP contribution in [0.5, 0.6) is 0 Å². The second-order valence-corrected chi connectivity index (χ2v) is 8.31. The summed E-state index contributed by atoms with van der Waals surface area (Å²) in [6, 6.07) is 0.